The largest absolute Gasteiger partial charge is 0.437 e. The van der Waals surface area contributed by atoms with Crippen LogP contribution in [0.15, 0.2) is 30.5 Å². The Bertz CT molecular complexity index is 578. The summed E-state index contributed by atoms with van der Waals surface area (Å²) in [4.78, 5) is 3.91. The molecule has 2 N–H and O–H groups in total. The molecule has 18 heavy (non-hydrogen) atoms. The van der Waals surface area contributed by atoms with Gasteiger partial charge >= 0.3 is 0 Å². The lowest BCUT2D eigenvalue weighted by Crippen LogP contribution is -1.99. The highest BCUT2D eigenvalue weighted by molar-refractivity contribution is 6.35. The first-order valence-corrected chi connectivity index (χ1v) is 5.83. The molecule has 0 fully saturated rings. The van der Waals surface area contributed by atoms with E-state index in [9.17, 15) is 4.39 Å². The van der Waals surface area contributed by atoms with Crippen LogP contribution in [0.4, 0.5) is 4.39 Å². The lowest BCUT2D eigenvalue weighted by atomic mass is 10.2. The van der Waals surface area contributed by atoms with Gasteiger partial charge in [-0.1, -0.05) is 29.3 Å². The molecule has 0 amide bonds. The average molecular weight is 287 g/mol. The van der Waals surface area contributed by atoms with Crippen molar-refractivity contribution in [1.82, 2.24) is 4.98 Å². The maximum Gasteiger partial charge on any atom is 0.238 e. The molecule has 6 heteroatoms. The minimum absolute atomic E-state index is 0.131. The zero-order chi connectivity index (χ0) is 13.1. The highest BCUT2D eigenvalue weighted by Gasteiger charge is 2.08. The van der Waals surface area contributed by atoms with Crippen LogP contribution in [0.5, 0.6) is 11.6 Å². The molecule has 0 atom stereocenters. The number of ether oxygens (including phenoxy) is 1. The lowest BCUT2D eigenvalue weighted by Gasteiger charge is -2.07. The molecule has 2 aromatic rings. The summed E-state index contributed by atoms with van der Waals surface area (Å²) in [5.74, 6) is 0.0301. The zero-order valence-corrected chi connectivity index (χ0v) is 10.7. The van der Waals surface area contributed by atoms with Crippen LogP contribution in [0.3, 0.4) is 0 Å². The van der Waals surface area contributed by atoms with E-state index in [1.807, 2.05) is 0 Å². The highest BCUT2D eigenvalue weighted by atomic mass is 35.5. The minimum Gasteiger partial charge on any atom is -0.437 e. The van der Waals surface area contributed by atoms with Crippen LogP contribution in [0.2, 0.25) is 10.0 Å². The van der Waals surface area contributed by atoms with Crippen molar-refractivity contribution in [2.24, 2.45) is 5.73 Å². The van der Waals surface area contributed by atoms with E-state index in [2.05, 4.69) is 4.98 Å². The molecule has 0 saturated heterocycles. The summed E-state index contributed by atoms with van der Waals surface area (Å²) in [6.07, 6.45) is 1.40. The first-order valence-electron chi connectivity index (χ1n) is 5.07. The van der Waals surface area contributed by atoms with Crippen molar-refractivity contribution in [3.05, 3.63) is 51.9 Å². The van der Waals surface area contributed by atoms with Gasteiger partial charge < -0.3 is 10.5 Å². The molecule has 1 heterocycles. The summed E-state index contributed by atoms with van der Waals surface area (Å²) < 4.78 is 18.8. The first kappa shape index (κ1) is 13.1. The molecular formula is C12H9Cl2FN2O. The van der Waals surface area contributed by atoms with Crippen molar-refractivity contribution in [3.8, 4) is 11.6 Å². The van der Waals surface area contributed by atoms with Crippen LogP contribution in [0, 0.1) is 5.82 Å². The van der Waals surface area contributed by atoms with Crippen LogP contribution in [0.1, 0.15) is 5.56 Å². The van der Waals surface area contributed by atoms with Crippen molar-refractivity contribution in [2.75, 3.05) is 0 Å². The Morgan fingerprint density at radius 1 is 1.28 bits per heavy atom. The standard InChI is InChI=1S/C12H9Cl2FN2O/c13-8-3-10(14)12(17-6-8)18-9-2-1-7(5-16)11(15)4-9/h1-4,6H,5,16H2. The third-order valence-electron chi connectivity index (χ3n) is 2.23. The van der Waals surface area contributed by atoms with E-state index in [0.717, 1.165) is 0 Å². The number of rotatable bonds is 3. The molecule has 94 valence electrons. The third kappa shape index (κ3) is 2.90. The number of aromatic nitrogens is 1. The summed E-state index contributed by atoms with van der Waals surface area (Å²) >= 11 is 11.6. The van der Waals surface area contributed by atoms with Gasteiger partial charge in [0, 0.05) is 24.4 Å². The Hall–Kier alpha value is -1.36. The van der Waals surface area contributed by atoms with Crippen molar-refractivity contribution in [3.63, 3.8) is 0 Å². The molecule has 0 radical (unpaired) electrons. The monoisotopic (exact) mass is 286 g/mol. The predicted molar refractivity (Wildman–Crippen MR) is 68.6 cm³/mol. The van der Waals surface area contributed by atoms with Gasteiger partial charge in [0.1, 0.15) is 16.6 Å². The normalized spacial score (nSPS) is 10.4. The van der Waals surface area contributed by atoms with Gasteiger partial charge in [0.15, 0.2) is 0 Å². The van der Waals surface area contributed by atoms with Gasteiger partial charge in [-0.05, 0) is 12.1 Å². The summed E-state index contributed by atoms with van der Waals surface area (Å²) in [7, 11) is 0. The van der Waals surface area contributed by atoms with E-state index in [-0.39, 0.29) is 17.4 Å². The number of halogens is 3. The van der Waals surface area contributed by atoms with Crippen molar-refractivity contribution < 1.29 is 9.13 Å². The summed E-state index contributed by atoms with van der Waals surface area (Å²) in [6, 6.07) is 5.87. The van der Waals surface area contributed by atoms with E-state index in [1.54, 1.807) is 12.1 Å². The topological polar surface area (TPSA) is 48.1 Å². The molecule has 0 spiro atoms. The number of nitrogens with zero attached hydrogens (tertiary/aromatic N) is 1. The quantitative estimate of drug-likeness (QED) is 0.934. The fourth-order valence-electron chi connectivity index (χ4n) is 1.35. The van der Waals surface area contributed by atoms with Gasteiger partial charge in [-0.3, -0.25) is 0 Å². The molecule has 0 bridgehead atoms. The molecule has 3 nitrogen and oxygen atoms in total. The lowest BCUT2D eigenvalue weighted by molar-refractivity contribution is 0.457. The second kappa shape index (κ2) is 5.52. The van der Waals surface area contributed by atoms with E-state index in [4.69, 9.17) is 33.7 Å². The van der Waals surface area contributed by atoms with Gasteiger partial charge in [0.2, 0.25) is 5.88 Å². The van der Waals surface area contributed by atoms with Gasteiger partial charge in [0.05, 0.1) is 5.02 Å². The number of benzene rings is 1. The predicted octanol–water partition coefficient (Wildman–Crippen LogP) is 3.78. The SMILES string of the molecule is NCc1ccc(Oc2ncc(Cl)cc2Cl)cc1F. The molecule has 2 rings (SSSR count). The zero-order valence-electron chi connectivity index (χ0n) is 9.16. The first-order chi connectivity index (χ1) is 8.60. The maximum atomic E-state index is 13.5. The fourth-order valence-corrected chi connectivity index (χ4v) is 1.76. The van der Waals surface area contributed by atoms with E-state index < -0.39 is 5.82 Å². The van der Waals surface area contributed by atoms with Crippen molar-refractivity contribution in [2.45, 2.75) is 6.54 Å². The summed E-state index contributed by atoms with van der Waals surface area (Å²) in [6.45, 7) is 0.131. The molecule has 0 aliphatic rings. The molecular weight excluding hydrogens is 278 g/mol. The van der Waals surface area contributed by atoms with E-state index >= 15 is 0 Å². The average Bonchev–Trinajstić information content (AvgIpc) is 2.33. The number of pyridine rings is 1. The molecule has 0 aliphatic carbocycles. The Morgan fingerprint density at radius 2 is 2.06 bits per heavy atom. The van der Waals surface area contributed by atoms with E-state index in [0.29, 0.717) is 16.3 Å². The van der Waals surface area contributed by atoms with Crippen molar-refractivity contribution >= 4 is 23.2 Å². The van der Waals surface area contributed by atoms with Gasteiger partial charge in [-0.15, -0.1) is 0 Å². The fraction of sp³-hybridized carbons (Fsp3) is 0.0833. The Kier molecular flexibility index (Phi) is 4.01. The van der Waals surface area contributed by atoms with Crippen LogP contribution in [0.25, 0.3) is 0 Å². The number of nitrogens with two attached hydrogens (primary N) is 1. The van der Waals surface area contributed by atoms with Crippen LogP contribution >= 0.6 is 23.2 Å². The Balaban J connectivity index is 2.26. The van der Waals surface area contributed by atoms with Gasteiger partial charge in [-0.25, -0.2) is 9.37 Å². The van der Waals surface area contributed by atoms with Crippen LogP contribution < -0.4 is 10.5 Å². The van der Waals surface area contributed by atoms with Crippen LogP contribution in [-0.2, 0) is 6.54 Å². The Morgan fingerprint density at radius 3 is 2.67 bits per heavy atom. The third-order valence-corrected chi connectivity index (χ3v) is 2.71. The summed E-state index contributed by atoms with van der Waals surface area (Å²) in [5.41, 5.74) is 5.78. The maximum absolute atomic E-state index is 13.5. The Labute approximate surface area is 113 Å². The molecule has 0 saturated carbocycles. The van der Waals surface area contributed by atoms with Crippen LogP contribution in [-0.4, -0.2) is 4.98 Å². The number of hydrogen-bond donors (Lipinski definition) is 1. The van der Waals surface area contributed by atoms with Gasteiger partial charge in [0.25, 0.3) is 0 Å². The van der Waals surface area contributed by atoms with E-state index in [1.165, 1.54) is 18.3 Å². The molecule has 0 unspecified atom stereocenters. The summed E-state index contributed by atoms with van der Waals surface area (Å²) in [5, 5.41) is 0.655. The molecule has 1 aromatic carbocycles. The smallest absolute Gasteiger partial charge is 0.238 e. The second-order valence-corrected chi connectivity index (χ2v) is 4.34. The van der Waals surface area contributed by atoms with Gasteiger partial charge in [-0.2, -0.15) is 0 Å². The molecule has 1 aromatic heterocycles. The second-order valence-electron chi connectivity index (χ2n) is 3.50. The highest BCUT2D eigenvalue weighted by Crippen LogP contribution is 2.29. The van der Waals surface area contributed by atoms with Crippen molar-refractivity contribution in [1.29, 1.82) is 0 Å². The minimum atomic E-state index is -0.430. The number of hydrogen-bond acceptors (Lipinski definition) is 3. The molecule has 0 aliphatic heterocycles.